The lowest BCUT2D eigenvalue weighted by Crippen LogP contribution is -2.34. The Balaban J connectivity index is 2.12. The van der Waals surface area contributed by atoms with Crippen LogP contribution in [0.4, 0.5) is 0 Å². The highest BCUT2D eigenvalue weighted by molar-refractivity contribution is 5.80. The Labute approximate surface area is 114 Å². The molecular formula is C14H23N3O2. The van der Waals surface area contributed by atoms with Gasteiger partial charge in [-0.15, -0.1) is 0 Å². The Kier molecular flexibility index (Phi) is 7.43. The van der Waals surface area contributed by atoms with E-state index in [1.807, 2.05) is 30.3 Å². The highest BCUT2D eigenvalue weighted by Crippen LogP contribution is 2.08. The zero-order chi connectivity index (χ0) is 13.9. The molecule has 1 rings (SSSR count). The predicted octanol–water partition coefficient (Wildman–Crippen LogP) is 1.96. The summed E-state index contributed by atoms with van der Waals surface area (Å²) < 4.78 is 5.60. The summed E-state index contributed by atoms with van der Waals surface area (Å²) >= 11 is 0. The average Bonchev–Trinajstić information content (AvgIpc) is 2.46. The second-order valence-corrected chi connectivity index (χ2v) is 4.37. The van der Waals surface area contributed by atoms with E-state index in [1.54, 1.807) is 0 Å². The molecule has 0 aliphatic carbocycles. The minimum atomic E-state index is 0.243. The number of ether oxygens (including phenoxy) is 1. The molecule has 4 N–H and O–H groups in total. The number of rotatable bonds is 9. The van der Waals surface area contributed by atoms with Crippen molar-refractivity contribution in [1.82, 2.24) is 5.32 Å². The molecule has 0 amide bonds. The molecule has 5 nitrogen and oxygen atoms in total. The fourth-order valence-electron chi connectivity index (χ4n) is 1.74. The van der Waals surface area contributed by atoms with Gasteiger partial charge in [-0.05, 0) is 31.5 Å². The fourth-order valence-corrected chi connectivity index (χ4v) is 1.74. The van der Waals surface area contributed by atoms with Gasteiger partial charge in [0, 0.05) is 12.5 Å². The lowest BCUT2D eigenvalue weighted by atomic mass is 10.1. The maximum atomic E-state index is 8.53. The Morgan fingerprint density at radius 1 is 1.42 bits per heavy atom. The topological polar surface area (TPSA) is 79.9 Å². The molecule has 1 atom stereocenters. The number of amidine groups is 1. The van der Waals surface area contributed by atoms with Gasteiger partial charge in [0.1, 0.15) is 11.6 Å². The highest BCUT2D eigenvalue weighted by atomic mass is 16.5. The van der Waals surface area contributed by atoms with Crippen LogP contribution in [-0.4, -0.2) is 30.2 Å². The van der Waals surface area contributed by atoms with Gasteiger partial charge < -0.3 is 21.0 Å². The Morgan fingerprint density at radius 2 is 2.16 bits per heavy atom. The second-order valence-electron chi connectivity index (χ2n) is 4.37. The summed E-state index contributed by atoms with van der Waals surface area (Å²) in [6.07, 6.45) is 2.42. The lowest BCUT2D eigenvalue weighted by molar-refractivity contribution is 0.303. The van der Waals surface area contributed by atoms with Crippen LogP contribution in [0.5, 0.6) is 5.75 Å². The Bertz CT molecular complexity index is 368. The fraction of sp³-hybridized carbons (Fsp3) is 0.500. The van der Waals surface area contributed by atoms with E-state index in [0.29, 0.717) is 13.0 Å². The molecule has 0 aromatic heterocycles. The molecule has 106 valence electrons. The van der Waals surface area contributed by atoms with Gasteiger partial charge in [-0.2, -0.15) is 0 Å². The number of benzene rings is 1. The van der Waals surface area contributed by atoms with Crippen molar-refractivity contribution >= 4 is 5.84 Å². The van der Waals surface area contributed by atoms with Crippen LogP contribution >= 0.6 is 0 Å². The van der Waals surface area contributed by atoms with Crippen LogP contribution in [-0.2, 0) is 0 Å². The third kappa shape index (κ3) is 6.67. The van der Waals surface area contributed by atoms with Crippen LogP contribution in [0.2, 0.25) is 0 Å². The Hall–Kier alpha value is -1.75. The summed E-state index contributed by atoms with van der Waals surface area (Å²) in [5.74, 6) is 1.16. The van der Waals surface area contributed by atoms with Crippen LogP contribution in [0.15, 0.2) is 35.5 Å². The zero-order valence-electron chi connectivity index (χ0n) is 11.4. The number of para-hydroxylation sites is 1. The standard InChI is InChI=1S/C14H23N3O2/c1-2-12(11-14(15)17-18)16-9-6-10-19-13-7-4-3-5-8-13/h3-5,7-8,12,16,18H,2,6,9-11H2,1H3,(H2,15,17). The molecule has 0 aliphatic heterocycles. The van der Waals surface area contributed by atoms with Gasteiger partial charge in [0.2, 0.25) is 0 Å². The van der Waals surface area contributed by atoms with Crippen LogP contribution in [0.25, 0.3) is 0 Å². The number of hydrogen-bond acceptors (Lipinski definition) is 4. The number of nitrogens with zero attached hydrogens (tertiary/aromatic N) is 1. The average molecular weight is 265 g/mol. The molecule has 1 aromatic rings. The van der Waals surface area contributed by atoms with Gasteiger partial charge in [-0.1, -0.05) is 30.3 Å². The van der Waals surface area contributed by atoms with Crippen molar-refractivity contribution in [3.05, 3.63) is 30.3 Å². The molecular weight excluding hydrogens is 242 g/mol. The van der Waals surface area contributed by atoms with Crippen molar-refractivity contribution in [1.29, 1.82) is 0 Å². The van der Waals surface area contributed by atoms with Crippen molar-refractivity contribution in [2.45, 2.75) is 32.2 Å². The third-order valence-electron chi connectivity index (χ3n) is 2.84. The van der Waals surface area contributed by atoms with E-state index in [1.165, 1.54) is 0 Å². The molecule has 0 aliphatic rings. The van der Waals surface area contributed by atoms with Crippen molar-refractivity contribution in [3.63, 3.8) is 0 Å². The summed E-state index contributed by atoms with van der Waals surface area (Å²) in [7, 11) is 0. The smallest absolute Gasteiger partial charge is 0.140 e. The lowest BCUT2D eigenvalue weighted by Gasteiger charge is -2.16. The zero-order valence-corrected chi connectivity index (χ0v) is 11.4. The van der Waals surface area contributed by atoms with Crippen LogP contribution in [0.3, 0.4) is 0 Å². The van der Waals surface area contributed by atoms with E-state index < -0.39 is 0 Å². The molecule has 0 saturated heterocycles. The third-order valence-corrected chi connectivity index (χ3v) is 2.84. The summed E-state index contributed by atoms with van der Waals surface area (Å²) in [4.78, 5) is 0. The number of oxime groups is 1. The van der Waals surface area contributed by atoms with Crippen LogP contribution < -0.4 is 15.8 Å². The van der Waals surface area contributed by atoms with E-state index in [4.69, 9.17) is 15.7 Å². The van der Waals surface area contributed by atoms with Crippen molar-refractivity contribution in [3.8, 4) is 5.75 Å². The molecule has 5 heteroatoms. The number of nitrogens with one attached hydrogen (secondary N) is 1. The maximum Gasteiger partial charge on any atom is 0.140 e. The normalized spacial score (nSPS) is 13.2. The van der Waals surface area contributed by atoms with Gasteiger partial charge in [0.05, 0.1) is 6.61 Å². The molecule has 0 saturated carbocycles. The molecule has 0 spiro atoms. The molecule has 19 heavy (non-hydrogen) atoms. The van der Waals surface area contributed by atoms with E-state index in [2.05, 4.69) is 17.4 Å². The first kappa shape index (κ1) is 15.3. The maximum absolute atomic E-state index is 8.53. The van der Waals surface area contributed by atoms with Gasteiger partial charge in [-0.3, -0.25) is 0 Å². The van der Waals surface area contributed by atoms with Gasteiger partial charge in [0.25, 0.3) is 0 Å². The summed E-state index contributed by atoms with van der Waals surface area (Å²) in [5.41, 5.74) is 5.49. The predicted molar refractivity (Wildman–Crippen MR) is 76.7 cm³/mol. The number of nitrogens with two attached hydrogens (primary N) is 1. The van der Waals surface area contributed by atoms with Crippen molar-refractivity contribution < 1.29 is 9.94 Å². The van der Waals surface area contributed by atoms with Crippen molar-refractivity contribution in [2.75, 3.05) is 13.2 Å². The van der Waals surface area contributed by atoms with E-state index >= 15 is 0 Å². The van der Waals surface area contributed by atoms with Crippen LogP contribution in [0, 0.1) is 0 Å². The van der Waals surface area contributed by atoms with Gasteiger partial charge in [0.15, 0.2) is 0 Å². The monoisotopic (exact) mass is 265 g/mol. The van der Waals surface area contributed by atoms with Gasteiger partial charge >= 0.3 is 0 Å². The first-order valence-electron chi connectivity index (χ1n) is 6.64. The Morgan fingerprint density at radius 3 is 2.79 bits per heavy atom. The molecule has 1 unspecified atom stereocenters. The van der Waals surface area contributed by atoms with E-state index in [0.717, 1.165) is 25.1 Å². The first-order valence-corrected chi connectivity index (χ1v) is 6.64. The molecule has 0 radical (unpaired) electrons. The largest absolute Gasteiger partial charge is 0.494 e. The SMILES string of the molecule is CCC(CC(N)=NO)NCCCOc1ccccc1. The quantitative estimate of drug-likeness (QED) is 0.210. The minimum Gasteiger partial charge on any atom is -0.494 e. The van der Waals surface area contributed by atoms with Crippen molar-refractivity contribution in [2.24, 2.45) is 10.9 Å². The summed E-state index contributed by atoms with van der Waals surface area (Å²) in [5, 5.41) is 14.9. The number of hydrogen-bond donors (Lipinski definition) is 3. The minimum absolute atomic E-state index is 0.243. The highest BCUT2D eigenvalue weighted by Gasteiger charge is 2.07. The second kappa shape index (κ2) is 9.22. The van der Waals surface area contributed by atoms with Crippen LogP contribution in [0.1, 0.15) is 26.2 Å². The van der Waals surface area contributed by atoms with E-state index in [-0.39, 0.29) is 11.9 Å². The molecule has 1 aromatic carbocycles. The first-order chi connectivity index (χ1) is 9.26. The summed E-state index contributed by atoms with van der Waals surface area (Å²) in [6.45, 7) is 3.60. The molecule has 0 bridgehead atoms. The van der Waals surface area contributed by atoms with E-state index in [9.17, 15) is 0 Å². The summed E-state index contributed by atoms with van der Waals surface area (Å²) in [6, 6.07) is 10.0. The molecule has 0 fully saturated rings. The van der Waals surface area contributed by atoms with Gasteiger partial charge in [-0.25, -0.2) is 0 Å². The molecule has 0 heterocycles.